The first-order valence-corrected chi connectivity index (χ1v) is 13.2. The van der Waals surface area contributed by atoms with E-state index < -0.39 is 16.8 Å². The van der Waals surface area contributed by atoms with Gasteiger partial charge >= 0.3 is 0 Å². The van der Waals surface area contributed by atoms with Gasteiger partial charge in [-0.2, -0.15) is 5.26 Å². The third-order valence-electron chi connectivity index (χ3n) is 7.45. The van der Waals surface area contributed by atoms with Crippen LogP contribution in [-0.4, -0.2) is 83.1 Å². The highest BCUT2D eigenvalue weighted by molar-refractivity contribution is 7.89. The molecule has 2 aromatic carbocycles. The Morgan fingerprint density at radius 3 is 2.56 bits per heavy atom. The number of rotatable bonds is 5. The molecule has 3 aromatic rings. The van der Waals surface area contributed by atoms with Crippen LogP contribution in [0.2, 0.25) is 0 Å². The Balaban J connectivity index is 1.66. The molecule has 2 aliphatic rings. The van der Waals surface area contributed by atoms with E-state index in [4.69, 9.17) is 0 Å². The van der Waals surface area contributed by atoms with Crippen LogP contribution >= 0.6 is 0 Å². The maximum atomic E-state index is 13.9. The number of anilines is 1. The number of aliphatic hydroxyl groups is 1. The summed E-state index contributed by atoms with van der Waals surface area (Å²) in [6, 6.07) is 11.4. The lowest BCUT2D eigenvalue weighted by molar-refractivity contribution is 0.103. The molecule has 1 atom stereocenters. The van der Waals surface area contributed by atoms with Gasteiger partial charge in [0.1, 0.15) is 0 Å². The number of carbonyl (C=O) groups excluding carboxylic acids is 1. The van der Waals surface area contributed by atoms with Crippen molar-refractivity contribution in [1.29, 1.82) is 5.26 Å². The summed E-state index contributed by atoms with van der Waals surface area (Å²) < 4.78 is 15.1. The normalized spacial score (nSPS) is 18.3. The molecule has 1 saturated heterocycles. The molecule has 1 fully saturated rings. The number of aliphatic hydroxyl groups excluding tert-OH is 1. The monoisotopic (exact) mass is 505 g/mol. The second-order valence-electron chi connectivity index (χ2n) is 10.2. The molecular formula is C27H31N5O3S. The van der Waals surface area contributed by atoms with E-state index in [9.17, 15) is 19.7 Å². The van der Waals surface area contributed by atoms with Crippen LogP contribution in [0.25, 0.3) is 10.9 Å². The Kier molecular flexibility index (Phi) is 6.35. The number of nitrogens with one attached hydrogen (secondary N) is 1. The van der Waals surface area contributed by atoms with Gasteiger partial charge in [-0.15, -0.1) is 4.31 Å². The lowest BCUT2D eigenvalue weighted by Gasteiger charge is -2.38. The van der Waals surface area contributed by atoms with Crippen molar-refractivity contribution in [3.8, 4) is 6.07 Å². The molecule has 2 heterocycles. The van der Waals surface area contributed by atoms with E-state index in [1.165, 1.54) is 0 Å². The Hall–Kier alpha value is -2.87. The number of aromatic nitrogens is 1. The summed E-state index contributed by atoms with van der Waals surface area (Å²) >= 11 is -1.44. The Morgan fingerprint density at radius 2 is 1.92 bits per heavy atom. The number of H-pyrrole nitrogens is 1. The number of fused-ring (bicyclic) bond motifs is 4. The van der Waals surface area contributed by atoms with Crippen molar-refractivity contribution in [1.82, 2.24) is 14.2 Å². The van der Waals surface area contributed by atoms with Crippen LogP contribution in [0.1, 0.15) is 46.6 Å². The predicted octanol–water partition coefficient (Wildman–Crippen LogP) is 2.61. The van der Waals surface area contributed by atoms with Gasteiger partial charge < -0.3 is 19.5 Å². The standard InChI is InChI=1S/C27H31N5O3S/c1-27(2)20-15-22(32-9-7-31(8-10-32)11-12-33)23(36(35)30(3)4)14-19(20)25(34)24-18-6-5-17(16-28)13-21(18)29-26(24)27/h5-6,13-15,29,33H,7-12H2,1-4H3. The smallest absolute Gasteiger partial charge is 0.198 e. The Labute approximate surface area is 214 Å². The number of hydrogen-bond acceptors (Lipinski definition) is 7. The molecule has 0 saturated carbocycles. The van der Waals surface area contributed by atoms with Gasteiger partial charge in [0.05, 0.1) is 40.9 Å². The summed E-state index contributed by atoms with van der Waals surface area (Å²) in [6.07, 6.45) is 0. The number of aromatic amines is 1. The molecule has 1 aliphatic heterocycles. The molecule has 0 radical (unpaired) electrons. The van der Waals surface area contributed by atoms with Crippen molar-refractivity contribution in [2.45, 2.75) is 24.2 Å². The van der Waals surface area contributed by atoms with E-state index in [0.29, 0.717) is 28.1 Å². The van der Waals surface area contributed by atoms with Crippen molar-refractivity contribution in [3.05, 3.63) is 58.3 Å². The number of benzene rings is 2. The lowest BCUT2D eigenvalue weighted by atomic mass is 9.71. The minimum Gasteiger partial charge on any atom is -0.593 e. The number of β-amino-alcohol motifs (C(OH)–C–C–N with tert-alkyl or cyclic N) is 1. The molecule has 36 heavy (non-hydrogen) atoms. The maximum absolute atomic E-state index is 13.9. The van der Waals surface area contributed by atoms with Gasteiger partial charge in [-0.1, -0.05) is 19.9 Å². The SMILES string of the molecule is CN(C)[S+]([O-])c1cc2c(cc1N1CCN(CCO)CC1)C(C)(C)c1[nH]c3cc(C#N)ccc3c1C2=O. The zero-order valence-electron chi connectivity index (χ0n) is 21.1. The quantitative estimate of drug-likeness (QED) is 0.513. The maximum Gasteiger partial charge on any atom is 0.198 e. The van der Waals surface area contributed by atoms with Crippen LogP contribution in [0.15, 0.2) is 35.2 Å². The van der Waals surface area contributed by atoms with Crippen LogP contribution in [0.5, 0.6) is 0 Å². The highest BCUT2D eigenvalue weighted by Crippen LogP contribution is 2.46. The van der Waals surface area contributed by atoms with Gasteiger partial charge in [0.15, 0.2) is 10.7 Å². The van der Waals surface area contributed by atoms with E-state index in [0.717, 1.165) is 54.0 Å². The second kappa shape index (κ2) is 9.21. The van der Waals surface area contributed by atoms with Crippen molar-refractivity contribution in [2.75, 3.05) is 58.3 Å². The fourth-order valence-corrected chi connectivity index (χ4v) is 6.43. The molecule has 5 rings (SSSR count). The average molecular weight is 506 g/mol. The fraction of sp³-hybridized carbons (Fsp3) is 0.407. The highest BCUT2D eigenvalue weighted by atomic mass is 32.2. The van der Waals surface area contributed by atoms with Crippen LogP contribution in [0, 0.1) is 11.3 Å². The van der Waals surface area contributed by atoms with Crippen LogP contribution in [-0.2, 0) is 16.8 Å². The molecule has 1 aromatic heterocycles. The van der Waals surface area contributed by atoms with Crippen LogP contribution < -0.4 is 4.90 Å². The van der Waals surface area contributed by atoms with Crippen molar-refractivity contribution >= 4 is 33.7 Å². The summed E-state index contributed by atoms with van der Waals surface area (Å²) in [5.41, 5.74) is 4.63. The van der Waals surface area contributed by atoms with E-state index in [1.54, 1.807) is 30.5 Å². The average Bonchev–Trinajstić information content (AvgIpc) is 3.27. The zero-order chi connectivity index (χ0) is 25.8. The lowest BCUT2D eigenvalue weighted by Crippen LogP contribution is -2.48. The van der Waals surface area contributed by atoms with Gasteiger partial charge in [0.25, 0.3) is 0 Å². The number of piperazine rings is 1. The summed E-state index contributed by atoms with van der Waals surface area (Å²) in [5.74, 6) is -0.0911. The minimum atomic E-state index is -1.44. The van der Waals surface area contributed by atoms with Gasteiger partial charge in [0, 0.05) is 80.5 Å². The van der Waals surface area contributed by atoms with E-state index in [2.05, 4.69) is 40.8 Å². The Bertz CT molecular complexity index is 1380. The van der Waals surface area contributed by atoms with Crippen molar-refractivity contribution in [2.24, 2.45) is 0 Å². The number of ketones is 1. The van der Waals surface area contributed by atoms with Crippen molar-refractivity contribution < 1.29 is 14.5 Å². The fourth-order valence-electron chi connectivity index (χ4n) is 5.45. The largest absolute Gasteiger partial charge is 0.593 e. The second-order valence-corrected chi connectivity index (χ2v) is 11.8. The summed E-state index contributed by atoms with van der Waals surface area (Å²) in [7, 11) is 3.55. The molecule has 2 N–H and O–H groups in total. The van der Waals surface area contributed by atoms with Crippen LogP contribution in [0.4, 0.5) is 5.69 Å². The number of nitriles is 1. The highest BCUT2D eigenvalue weighted by Gasteiger charge is 2.42. The molecule has 0 spiro atoms. The zero-order valence-corrected chi connectivity index (χ0v) is 21.9. The van der Waals surface area contributed by atoms with Gasteiger partial charge in [-0.05, 0) is 23.8 Å². The van der Waals surface area contributed by atoms with E-state index in [-0.39, 0.29) is 12.4 Å². The number of carbonyl (C=O) groups is 1. The first-order chi connectivity index (χ1) is 17.2. The summed E-state index contributed by atoms with van der Waals surface area (Å²) in [5, 5.41) is 19.4. The topological polar surface area (TPSA) is 110 Å². The molecule has 1 unspecified atom stereocenters. The van der Waals surface area contributed by atoms with Gasteiger partial charge in [-0.3, -0.25) is 9.69 Å². The Morgan fingerprint density at radius 1 is 1.19 bits per heavy atom. The third-order valence-corrected chi connectivity index (χ3v) is 8.81. The van der Waals surface area contributed by atoms with E-state index >= 15 is 0 Å². The molecule has 8 nitrogen and oxygen atoms in total. The summed E-state index contributed by atoms with van der Waals surface area (Å²) in [4.78, 5) is 22.5. The predicted molar refractivity (Wildman–Crippen MR) is 141 cm³/mol. The first-order valence-electron chi connectivity index (χ1n) is 12.1. The summed E-state index contributed by atoms with van der Waals surface area (Å²) in [6.45, 7) is 8.09. The molecular weight excluding hydrogens is 474 g/mol. The van der Waals surface area contributed by atoms with Gasteiger partial charge in [0.2, 0.25) is 0 Å². The van der Waals surface area contributed by atoms with Crippen LogP contribution in [0.3, 0.4) is 0 Å². The third kappa shape index (κ3) is 3.90. The first kappa shape index (κ1) is 24.8. The number of nitrogens with zero attached hydrogens (tertiary/aromatic N) is 4. The number of hydrogen-bond donors (Lipinski definition) is 2. The molecule has 0 bridgehead atoms. The molecule has 9 heteroatoms. The van der Waals surface area contributed by atoms with Crippen molar-refractivity contribution in [3.63, 3.8) is 0 Å². The molecule has 0 amide bonds. The molecule has 1 aliphatic carbocycles. The van der Waals surface area contributed by atoms with Gasteiger partial charge in [-0.25, -0.2) is 0 Å². The van der Waals surface area contributed by atoms with E-state index in [1.807, 2.05) is 12.1 Å². The minimum absolute atomic E-state index is 0.0911. The molecule has 188 valence electrons.